The van der Waals surface area contributed by atoms with Crippen molar-refractivity contribution in [1.82, 2.24) is 20.1 Å². The molecule has 0 aromatic carbocycles. The van der Waals surface area contributed by atoms with Crippen LogP contribution in [0.25, 0.3) is 0 Å². The summed E-state index contributed by atoms with van der Waals surface area (Å²) in [5, 5.41) is 14.5. The molecule has 0 unspecified atom stereocenters. The van der Waals surface area contributed by atoms with Gasteiger partial charge in [0, 0.05) is 36.3 Å². The zero-order chi connectivity index (χ0) is 16.9. The number of nitrogens with one attached hydrogen (secondary N) is 1. The molecule has 0 spiro atoms. The predicted molar refractivity (Wildman–Crippen MR) is 97.3 cm³/mol. The number of nitrogens with zero attached hydrogens (tertiary/aromatic N) is 3. The van der Waals surface area contributed by atoms with Crippen LogP contribution in [0.1, 0.15) is 41.7 Å². The van der Waals surface area contributed by atoms with Crippen molar-refractivity contribution < 1.29 is 4.79 Å². The molecule has 0 radical (unpaired) electrons. The number of thiophene rings is 1. The van der Waals surface area contributed by atoms with Crippen LogP contribution in [0.5, 0.6) is 0 Å². The van der Waals surface area contributed by atoms with Gasteiger partial charge >= 0.3 is 0 Å². The molecule has 24 heavy (non-hydrogen) atoms. The number of hydrogen-bond acceptors (Lipinski definition) is 5. The van der Waals surface area contributed by atoms with Gasteiger partial charge in [-0.25, -0.2) is 4.98 Å². The molecule has 5 nitrogen and oxygen atoms in total. The summed E-state index contributed by atoms with van der Waals surface area (Å²) in [7, 11) is 0. The summed E-state index contributed by atoms with van der Waals surface area (Å²) in [6.45, 7) is 3.97. The number of amides is 1. The maximum Gasteiger partial charge on any atom is 0.222 e. The van der Waals surface area contributed by atoms with Crippen LogP contribution in [0.2, 0.25) is 0 Å². The van der Waals surface area contributed by atoms with Gasteiger partial charge in [0.25, 0.3) is 0 Å². The molecule has 3 aromatic rings. The van der Waals surface area contributed by atoms with Gasteiger partial charge in [-0.2, -0.15) is 16.4 Å². The number of aromatic nitrogens is 3. The minimum absolute atomic E-state index is 0.0195. The standard InChI is InChI=1S/C17H20N4OS2/c1-12-10-24-17(19-12)15(9-14-4-7-23-11-14)20-16(22)8-13(2)21-6-3-5-18-21/h3-7,10-11,13,15H,8-9H2,1-2H3,(H,20,22)/t13-,15+/m0/s1. The van der Waals surface area contributed by atoms with Crippen LogP contribution in [-0.4, -0.2) is 20.7 Å². The SMILES string of the molecule is Cc1csc([C@@H](Cc2ccsc2)NC(=O)C[C@H](C)n2cccn2)n1. The molecule has 0 aliphatic carbocycles. The van der Waals surface area contributed by atoms with E-state index in [2.05, 4.69) is 32.2 Å². The van der Waals surface area contributed by atoms with E-state index < -0.39 is 0 Å². The lowest BCUT2D eigenvalue weighted by Gasteiger charge is -2.18. The van der Waals surface area contributed by atoms with Crippen molar-refractivity contribution in [2.75, 3.05) is 0 Å². The van der Waals surface area contributed by atoms with Gasteiger partial charge in [0.15, 0.2) is 0 Å². The first kappa shape index (κ1) is 16.9. The van der Waals surface area contributed by atoms with Gasteiger partial charge in [0.1, 0.15) is 5.01 Å². The second-order valence-corrected chi connectivity index (χ2v) is 7.49. The van der Waals surface area contributed by atoms with E-state index in [1.165, 1.54) is 5.56 Å². The van der Waals surface area contributed by atoms with Gasteiger partial charge in [0.2, 0.25) is 5.91 Å². The fourth-order valence-corrected chi connectivity index (χ4v) is 4.06. The zero-order valence-electron chi connectivity index (χ0n) is 13.7. The maximum absolute atomic E-state index is 12.5. The van der Waals surface area contributed by atoms with Crippen molar-refractivity contribution in [2.24, 2.45) is 0 Å². The maximum atomic E-state index is 12.5. The van der Waals surface area contributed by atoms with Crippen LogP contribution in [0.4, 0.5) is 0 Å². The molecule has 0 bridgehead atoms. The summed E-state index contributed by atoms with van der Waals surface area (Å²) in [5.74, 6) is 0.0195. The normalized spacial score (nSPS) is 13.6. The first-order valence-electron chi connectivity index (χ1n) is 7.83. The third-order valence-electron chi connectivity index (χ3n) is 3.75. The number of thiazole rings is 1. The van der Waals surface area contributed by atoms with Crippen molar-refractivity contribution >= 4 is 28.6 Å². The average molecular weight is 361 g/mol. The number of aryl methyl sites for hydroxylation is 1. The van der Waals surface area contributed by atoms with E-state index in [1.54, 1.807) is 33.6 Å². The molecular weight excluding hydrogens is 340 g/mol. The number of carbonyl (C=O) groups is 1. The first-order chi connectivity index (χ1) is 11.6. The van der Waals surface area contributed by atoms with E-state index in [0.29, 0.717) is 6.42 Å². The molecule has 7 heteroatoms. The smallest absolute Gasteiger partial charge is 0.222 e. The molecule has 0 aliphatic heterocycles. The van der Waals surface area contributed by atoms with E-state index in [0.717, 1.165) is 17.1 Å². The highest BCUT2D eigenvalue weighted by molar-refractivity contribution is 7.09. The first-order valence-corrected chi connectivity index (χ1v) is 9.65. The van der Waals surface area contributed by atoms with Crippen LogP contribution >= 0.6 is 22.7 Å². The summed E-state index contributed by atoms with van der Waals surface area (Å²) in [4.78, 5) is 17.1. The van der Waals surface area contributed by atoms with Crippen molar-refractivity contribution in [3.05, 3.63) is 56.9 Å². The van der Waals surface area contributed by atoms with Crippen LogP contribution in [0.15, 0.2) is 40.7 Å². The van der Waals surface area contributed by atoms with E-state index in [-0.39, 0.29) is 18.0 Å². The van der Waals surface area contributed by atoms with Crippen molar-refractivity contribution in [3.63, 3.8) is 0 Å². The fourth-order valence-electron chi connectivity index (χ4n) is 2.53. The Morgan fingerprint density at radius 1 is 1.42 bits per heavy atom. The highest BCUT2D eigenvalue weighted by atomic mass is 32.1. The van der Waals surface area contributed by atoms with Crippen molar-refractivity contribution in [2.45, 2.75) is 38.8 Å². The highest BCUT2D eigenvalue weighted by Crippen LogP contribution is 2.24. The van der Waals surface area contributed by atoms with Crippen LogP contribution < -0.4 is 5.32 Å². The topological polar surface area (TPSA) is 59.8 Å². The molecule has 0 saturated heterocycles. The van der Waals surface area contributed by atoms with Crippen LogP contribution in [0.3, 0.4) is 0 Å². The van der Waals surface area contributed by atoms with Crippen LogP contribution in [-0.2, 0) is 11.2 Å². The monoisotopic (exact) mass is 360 g/mol. The van der Waals surface area contributed by atoms with Gasteiger partial charge in [0.05, 0.1) is 12.1 Å². The summed E-state index contributed by atoms with van der Waals surface area (Å²) in [6, 6.07) is 3.90. The molecule has 2 atom stereocenters. The predicted octanol–water partition coefficient (Wildman–Crippen LogP) is 3.76. The Kier molecular flexibility index (Phi) is 5.42. The van der Waals surface area contributed by atoms with Crippen molar-refractivity contribution in [3.8, 4) is 0 Å². The van der Waals surface area contributed by atoms with Gasteiger partial charge in [-0.05, 0) is 42.3 Å². The third-order valence-corrected chi connectivity index (χ3v) is 5.56. The molecule has 1 amide bonds. The summed E-state index contributed by atoms with van der Waals surface area (Å²) >= 11 is 3.27. The second kappa shape index (κ2) is 7.72. The van der Waals surface area contributed by atoms with Gasteiger partial charge in [-0.15, -0.1) is 11.3 Å². The quantitative estimate of drug-likeness (QED) is 0.698. The molecular formula is C17H20N4OS2. The molecule has 3 aromatic heterocycles. The minimum Gasteiger partial charge on any atom is -0.346 e. The van der Waals surface area contributed by atoms with Gasteiger partial charge in [-0.3, -0.25) is 9.48 Å². The largest absolute Gasteiger partial charge is 0.346 e. The lowest BCUT2D eigenvalue weighted by atomic mass is 10.1. The lowest BCUT2D eigenvalue weighted by molar-refractivity contribution is -0.122. The molecule has 1 N–H and O–H groups in total. The highest BCUT2D eigenvalue weighted by Gasteiger charge is 2.20. The Labute approximate surface area is 149 Å². The number of carbonyl (C=O) groups excluding carboxylic acids is 1. The molecule has 0 saturated carbocycles. The molecule has 0 aliphatic rings. The fraction of sp³-hybridized carbons (Fsp3) is 0.353. The summed E-state index contributed by atoms with van der Waals surface area (Å²) in [6.07, 6.45) is 4.77. The molecule has 3 rings (SSSR count). The Hall–Kier alpha value is -1.99. The Morgan fingerprint density at radius 2 is 2.29 bits per heavy atom. The number of hydrogen-bond donors (Lipinski definition) is 1. The van der Waals surface area contributed by atoms with Crippen LogP contribution in [0, 0.1) is 6.92 Å². The lowest BCUT2D eigenvalue weighted by Crippen LogP contribution is -2.31. The van der Waals surface area contributed by atoms with E-state index >= 15 is 0 Å². The summed E-state index contributed by atoms with van der Waals surface area (Å²) < 4.78 is 1.81. The van der Waals surface area contributed by atoms with Crippen molar-refractivity contribution in [1.29, 1.82) is 0 Å². The van der Waals surface area contributed by atoms with E-state index in [9.17, 15) is 4.79 Å². The van der Waals surface area contributed by atoms with E-state index in [1.807, 2.05) is 31.5 Å². The van der Waals surface area contributed by atoms with E-state index in [4.69, 9.17) is 0 Å². The molecule has 3 heterocycles. The molecule has 126 valence electrons. The Balaban J connectivity index is 1.67. The zero-order valence-corrected chi connectivity index (χ0v) is 15.3. The van der Waals surface area contributed by atoms with Gasteiger partial charge in [-0.1, -0.05) is 0 Å². The molecule has 0 fully saturated rings. The van der Waals surface area contributed by atoms with Gasteiger partial charge < -0.3 is 5.32 Å². The Morgan fingerprint density at radius 3 is 2.92 bits per heavy atom. The number of rotatable bonds is 7. The average Bonchev–Trinajstić information content (AvgIpc) is 3.29. The Bertz CT molecular complexity index is 764. The minimum atomic E-state index is -0.0874. The third kappa shape index (κ3) is 4.30. The summed E-state index contributed by atoms with van der Waals surface area (Å²) in [5.41, 5.74) is 2.21. The second-order valence-electron chi connectivity index (χ2n) is 5.82.